The molecule has 3 rings (SSSR count). The lowest BCUT2D eigenvalue weighted by Crippen LogP contribution is -2.21. The Bertz CT molecular complexity index is 953. The number of aliphatic hydroxyl groups is 1. The van der Waals surface area contributed by atoms with Crippen LogP contribution in [0.25, 0.3) is 0 Å². The van der Waals surface area contributed by atoms with Crippen LogP contribution in [-0.2, 0) is 4.79 Å². The summed E-state index contributed by atoms with van der Waals surface area (Å²) in [7, 11) is 0. The number of amides is 1. The van der Waals surface area contributed by atoms with Gasteiger partial charge in [0.1, 0.15) is 11.9 Å². The first kappa shape index (κ1) is 19.9. The van der Waals surface area contributed by atoms with E-state index in [0.717, 1.165) is 11.1 Å². The van der Waals surface area contributed by atoms with Crippen LogP contribution in [0.4, 0.5) is 5.69 Å². The Kier molecular flexibility index (Phi) is 6.34. The molecule has 0 aliphatic carbocycles. The summed E-state index contributed by atoms with van der Waals surface area (Å²) in [6.45, 7) is 3.82. The summed E-state index contributed by atoms with van der Waals surface area (Å²) in [4.78, 5) is 12.4. The van der Waals surface area contributed by atoms with E-state index in [2.05, 4.69) is 5.32 Å². The van der Waals surface area contributed by atoms with Gasteiger partial charge in [0.2, 0.25) is 0 Å². The van der Waals surface area contributed by atoms with Crippen LogP contribution < -0.4 is 10.1 Å². The van der Waals surface area contributed by atoms with Crippen molar-refractivity contribution in [2.75, 3.05) is 11.9 Å². The Morgan fingerprint density at radius 1 is 1.04 bits per heavy atom. The fourth-order valence-corrected chi connectivity index (χ4v) is 3.22. The van der Waals surface area contributed by atoms with Gasteiger partial charge in [-0.3, -0.25) is 4.79 Å². The van der Waals surface area contributed by atoms with Crippen molar-refractivity contribution in [3.05, 3.63) is 94.0 Å². The molecule has 0 unspecified atom stereocenters. The maximum atomic E-state index is 12.4. The topological polar surface area (TPSA) is 58.6 Å². The van der Waals surface area contributed by atoms with E-state index >= 15 is 0 Å². The molecule has 1 atom stereocenters. The largest absolute Gasteiger partial charge is 0.484 e. The van der Waals surface area contributed by atoms with Crippen LogP contribution in [-0.4, -0.2) is 17.6 Å². The van der Waals surface area contributed by atoms with Gasteiger partial charge in [-0.15, -0.1) is 0 Å². The standard InChI is InChI=1S/C23H22ClNO3/c1-15-10-16(2)12-19(11-15)28-14-22(26)25-21-9-8-18(24)13-20(21)23(27)17-6-4-3-5-7-17/h3-13,23,27H,14H2,1-2H3,(H,25,26)/t23-/m0/s1. The third-order valence-corrected chi connectivity index (χ3v) is 4.50. The number of aryl methyl sites for hydroxylation is 2. The number of carbonyl (C=O) groups is 1. The molecule has 5 heteroatoms. The molecular formula is C23H22ClNO3. The van der Waals surface area contributed by atoms with Crippen LogP contribution in [0, 0.1) is 13.8 Å². The van der Waals surface area contributed by atoms with Gasteiger partial charge < -0.3 is 15.2 Å². The number of hydrogen-bond donors (Lipinski definition) is 2. The van der Waals surface area contributed by atoms with Crippen LogP contribution in [0.2, 0.25) is 5.02 Å². The van der Waals surface area contributed by atoms with Gasteiger partial charge in [-0.2, -0.15) is 0 Å². The lowest BCUT2D eigenvalue weighted by molar-refractivity contribution is -0.118. The van der Waals surface area contributed by atoms with E-state index in [1.807, 2.05) is 62.4 Å². The molecule has 0 fully saturated rings. The number of hydrogen-bond acceptors (Lipinski definition) is 3. The van der Waals surface area contributed by atoms with Crippen molar-refractivity contribution in [1.82, 2.24) is 0 Å². The maximum absolute atomic E-state index is 12.4. The summed E-state index contributed by atoms with van der Waals surface area (Å²) >= 11 is 6.11. The zero-order chi connectivity index (χ0) is 20.1. The smallest absolute Gasteiger partial charge is 0.262 e. The van der Waals surface area contributed by atoms with Crippen molar-refractivity contribution in [3.8, 4) is 5.75 Å². The molecule has 3 aromatic carbocycles. The van der Waals surface area contributed by atoms with Gasteiger partial charge in [0.25, 0.3) is 5.91 Å². The molecule has 28 heavy (non-hydrogen) atoms. The molecule has 0 spiro atoms. The van der Waals surface area contributed by atoms with Crippen LogP contribution in [0.5, 0.6) is 5.75 Å². The molecule has 0 heterocycles. The fourth-order valence-electron chi connectivity index (χ4n) is 3.04. The second-order valence-electron chi connectivity index (χ2n) is 6.71. The van der Waals surface area contributed by atoms with E-state index in [4.69, 9.17) is 16.3 Å². The monoisotopic (exact) mass is 395 g/mol. The van der Waals surface area contributed by atoms with Crippen LogP contribution in [0.1, 0.15) is 28.4 Å². The summed E-state index contributed by atoms with van der Waals surface area (Å²) < 4.78 is 5.61. The second-order valence-corrected chi connectivity index (χ2v) is 7.14. The molecular weight excluding hydrogens is 374 g/mol. The summed E-state index contributed by atoms with van der Waals surface area (Å²) in [5.41, 5.74) is 3.88. The van der Waals surface area contributed by atoms with Crippen molar-refractivity contribution in [2.45, 2.75) is 20.0 Å². The third-order valence-electron chi connectivity index (χ3n) is 4.26. The van der Waals surface area contributed by atoms with Gasteiger partial charge in [-0.1, -0.05) is 48.0 Å². The minimum absolute atomic E-state index is 0.133. The highest BCUT2D eigenvalue weighted by Crippen LogP contribution is 2.31. The Morgan fingerprint density at radius 3 is 2.39 bits per heavy atom. The first-order valence-corrected chi connectivity index (χ1v) is 9.33. The zero-order valence-electron chi connectivity index (χ0n) is 15.8. The number of carbonyl (C=O) groups excluding carboxylic acids is 1. The lowest BCUT2D eigenvalue weighted by Gasteiger charge is -2.17. The maximum Gasteiger partial charge on any atom is 0.262 e. The van der Waals surface area contributed by atoms with Gasteiger partial charge >= 0.3 is 0 Å². The van der Waals surface area contributed by atoms with E-state index < -0.39 is 6.10 Å². The number of nitrogens with one attached hydrogen (secondary N) is 1. The minimum atomic E-state index is -0.907. The number of anilines is 1. The van der Waals surface area contributed by atoms with Crippen LogP contribution in [0.3, 0.4) is 0 Å². The molecule has 0 saturated heterocycles. The van der Waals surface area contributed by atoms with Gasteiger partial charge in [0.05, 0.1) is 0 Å². The average molecular weight is 396 g/mol. The van der Waals surface area contributed by atoms with Crippen molar-refractivity contribution in [3.63, 3.8) is 0 Å². The van der Waals surface area contributed by atoms with Gasteiger partial charge in [0, 0.05) is 16.3 Å². The molecule has 3 aromatic rings. The number of halogens is 1. The van der Waals surface area contributed by atoms with Crippen molar-refractivity contribution >= 4 is 23.2 Å². The highest BCUT2D eigenvalue weighted by Gasteiger charge is 2.17. The third kappa shape index (κ3) is 5.12. The SMILES string of the molecule is Cc1cc(C)cc(OCC(=O)Nc2ccc(Cl)cc2[C@@H](O)c2ccccc2)c1. The van der Waals surface area contributed by atoms with Crippen LogP contribution >= 0.6 is 11.6 Å². The summed E-state index contributed by atoms with van der Waals surface area (Å²) in [5, 5.41) is 14.0. The van der Waals surface area contributed by atoms with Gasteiger partial charge in [-0.05, 0) is 60.9 Å². The molecule has 144 valence electrons. The predicted octanol–water partition coefficient (Wildman–Crippen LogP) is 5.06. The first-order chi connectivity index (χ1) is 13.4. The normalized spacial score (nSPS) is 11.7. The molecule has 0 radical (unpaired) electrons. The van der Waals surface area contributed by atoms with E-state index in [9.17, 15) is 9.90 Å². The molecule has 0 aromatic heterocycles. The summed E-state index contributed by atoms with van der Waals surface area (Å²) in [6, 6.07) is 20.0. The molecule has 0 aliphatic rings. The van der Waals surface area contributed by atoms with Gasteiger partial charge in [0.15, 0.2) is 6.61 Å². The van der Waals surface area contributed by atoms with Crippen LogP contribution in [0.15, 0.2) is 66.7 Å². The molecule has 2 N–H and O–H groups in total. The number of benzene rings is 3. The lowest BCUT2D eigenvalue weighted by atomic mass is 10.00. The predicted molar refractivity (Wildman–Crippen MR) is 112 cm³/mol. The van der Waals surface area contributed by atoms with Crippen molar-refractivity contribution in [2.24, 2.45) is 0 Å². The highest BCUT2D eigenvalue weighted by molar-refractivity contribution is 6.30. The first-order valence-electron chi connectivity index (χ1n) is 8.96. The van der Waals surface area contributed by atoms with E-state index in [1.54, 1.807) is 18.2 Å². The Morgan fingerprint density at radius 2 is 1.71 bits per heavy atom. The number of rotatable bonds is 6. The number of ether oxygens (including phenoxy) is 1. The van der Waals surface area contributed by atoms with E-state index in [1.165, 1.54) is 0 Å². The van der Waals surface area contributed by atoms with E-state index in [0.29, 0.717) is 27.6 Å². The molecule has 0 aliphatic heterocycles. The van der Waals surface area contributed by atoms with E-state index in [-0.39, 0.29) is 12.5 Å². The fraction of sp³-hybridized carbons (Fsp3) is 0.174. The Hall–Kier alpha value is -2.82. The molecule has 1 amide bonds. The highest BCUT2D eigenvalue weighted by atomic mass is 35.5. The quantitative estimate of drug-likeness (QED) is 0.613. The summed E-state index contributed by atoms with van der Waals surface area (Å²) in [6.07, 6.45) is -0.907. The Labute approximate surface area is 169 Å². The Balaban J connectivity index is 1.74. The second kappa shape index (κ2) is 8.91. The molecule has 0 saturated carbocycles. The minimum Gasteiger partial charge on any atom is -0.484 e. The average Bonchev–Trinajstić information content (AvgIpc) is 2.67. The molecule has 0 bridgehead atoms. The van der Waals surface area contributed by atoms with Crippen molar-refractivity contribution < 1.29 is 14.6 Å². The number of aliphatic hydroxyl groups excluding tert-OH is 1. The zero-order valence-corrected chi connectivity index (χ0v) is 16.5. The van der Waals surface area contributed by atoms with Crippen molar-refractivity contribution in [1.29, 1.82) is 0 Å². The molecule has 4 nitrogen and oxygen atoms in total. The summed E-state index contributed by atoms with van der Waals surface area (Å²) in [5.74, 6) is 0.330. The van der Waals surface area contributed by atoms with Gasteiger partial charge in [-0.25, -0.2) is 0 Å².